The Labute approximate surface area is 104 Å². The van der Waals surface area contributed by atoms with E-state index in [9.17, 15) is 9.59 Å². The van der Waals surface area contributed by atoms with Crippen molar-refractivity contribution in [1.29, 1.82) is 0 Å². The smallest absolute Gasteiger partial charge is 0.267 e. The highest BCUT2D eigenvalue weighted by atomic mass is 16.2. The standard InChI is InChI=1S/C13H11N3O2/c17-12(10-6-2-1-3-7-10)15-16-13(18)11-8-4-5-9-14-11/h1-9H,(H,15,17)(H,16,18). The first-order valence-electron chi connectivity index (χ1n) is 5.34. The van der Waals surface area contributed by atoms with Crippen LogP contribution in [0.15, 0.2) is 54.7 Å². The van der Waals surface area contributed by atoms with Gasteiger partial charge in [0.2, 0.25) is 0 Å². The molecule has 1 aromatic heterocycles. The number of nitrogens with zero attached hydrogens (tertiary/aromatic N) is 1. The number of rotatable bonds is 2. The molecule has 5 heteroatoms. The molecule has 0 fully saturated rings. The zero-order chi connectivity index (χ0) is 12.8. The van der Waals surface area contributed by atoms with Crippen LogP contribution in [0.1, 0.15) is 20.8 Å². The fourth-order valence-electron chi connectivity index (χ4n) is 1.34. The summed E-state index contributed by atoms with van der Waals surface area (Å²) in [6, 6.07) is 13.6. The second-order valence-electron chi connectivity index (χ2n) is 3.49. The minimum Gasteiger partial charge on any atom is -0.267 e. The fraction of sp³-hybridized carbons (Fsp3) is 0. The van der Waals surface area contributed by atoms with E-state index in [-0.39, 0.29) is 11.6 Å². The van der Waals surface area contributed by atoms with E-state index in [2.05, 4.69) is 15.8 Å². The molecule has 1 aromatic carbocycles. The quantitative estimate of drug-likeness (QED) is 0.775. The lowest BCUT2D eigenvalue weighted by Crippen LogP contribution is -2.41. The Kier molecular flexibility index (Phi) is 3.66. The lowest BCUT2D eigenvalue weighted by molar-refractivity contribution is 0.0844. The van der Waals surface area contributed by atoms with Gasteiger partial charge in [-0.3, -0.25) is 25.4 Å². The first kappa shape index (κ1) is 11.8. The van der Waals surface area contributed by atoms with Crippen molar-refractivity contribution in [3.63, 3.8) is 0 Å². The number of pyridine rings is 1. The Bertz CT molecular complexity index is 489. The lowest BCUT2D eigenvalue weighted by atomic mass is 10.2. The first-order valence-corrected chi connectivity index (χ1v) is 5.34. The average molecular weight is 241 g/mol. The maximum atomic E-state index is 11.6. The molecule has 0 radical (unpaired) electrons. The molecule has 0 atom stereocenters. The van der Waals surface area contributed by atoms with Gasteiger partial charge in [0, 0.05) is 11.8 Å². The topological polar surface area (TPSA) is 71.1 Å². The Hall–Kier alpha value is -2.69. The molecule has 0 unspecified atom stereocenters. The third kappa shape index (κ3) is 2.91. The molecule has 0 aliphatic carbocycles. The van der Waals surface area contributed by atoms with Crippen molar-refractivity contribution in [1.82, 2.24) is 15.8 Å². The van der Waals surface area contributed by atoms with Crippen LogP contribution in [0.2, 0.25) is 0 Å². The van der Waals surface area contributed by atoms with Crippen LogP contribution >= 0.6 is 0 Å². The van der Waals surface area contributed by atoms with E-state index in [0.717, 1.165) is 0 Å². The van der Waals surface area contributed by atoms with Crippen molar-refractivity contribution in [3.05, 3.63) is 66.0 Å². The van der Waals surface area contributed by atoms with Gasteiger partial charge in [-0.15, -0.1) is 0 Å². The molecule has 2 amide bonds. The Morgan fingerprint density at radius 3 is 2.17 bits per heavy atom. The fourth-order valence-corrected chi connectivity index (χ4v) is 1.34. The SMILES string of the molecule is O=C(NNC(=O)c1ccccn1)c1ccccc1. The molecule has 90 valence electrons. The van der Waals surface area contributed by atoms with Crippen molar-refractivity contribution >= 4 is 11.8 Å². The minimum atomic E-state index is -0.458. The summed E-state index contributed by atoms with van der Waals surface area (Å²) in [5, 5.41) is 0. The third-order valence-electron chi connectivity index (χ3n) is 2.22. The lowest BCUT2D eigenvalue weighted by Gasteiger charge is -2.06. The summed E-state index contributed by atoms with van der Waals surface area (Å²) < 4.78 is 0. The van der Waals surface area contributed by atoms with Crippen molar-refractivity contribution in [3.8, 4) is 0 Å². The summed E-state index contributed by atoms with van der Waals surface area (Å²) >= 11 is 0. The summed E-state index contributed by atoms with van der Waals surface area (Å²) in [4.78, 5) is 27.1. The number of carbonyl (C=O) groups is 2. The normalized spacial score (nSPS) is 9.56. The highest BCUT2D eigenvalue weighted by molar-refractivity contribution is 5.98. The zero-order valence-electron chi connectivity index (χ0n) is 9.46. The van der Waals surface area contributed by atoms with Gasteiger partial charge in [0.1, 0.15) is 5.69 Å². The van der Waals surface area contributed by atoms with Gasteiger partial charge < -0.3 is 0 Å². The molecule has 5 nitrogen and oxygen atoms in total. The predicted molar refractivity (Wildman–Crippen MR) is 65.6 cm³/mol. The number of hydrazine groups is 1. The van der Waals surface area contributed by atoms with E-state index in [1.54, 1.807) is 42.5 Å². The van der Waals surface area contributed by atoms with Crippen LogP contribution in [-0.2, 0) is 0 Å². The Balaban J connectivity index is 1.93. The van der Waals surface area contributed by atoms with Crippen molar-refractivity contribution in [2.24, 2.45) is 0 Å². The number of benzene rings is 1. The zero-order valence-corrected chi connectivity index (χ0v) is 9.46. The minimum absolute atomic E-state index is 0.242. The van der Waals surface area contributed by atoms with Gasteiger partial charge in [0.05, 0.1) is 0 Å². The highest BCUT2D eigenvalue weighted by Gasteiger charge is 2.08. The second-order valence-corrected chi connectivity index (χ2v) is 3.49. The van der Waals surface area contributed by atoms with Crippen LogP contribution in [0.4, 0.5) is 0 Å². The molecule has 0 bridgehead atoms. The van der Waals surface area contributed by atoms with E-state index in [0.29, 0.717) is 5.56 Å². The van der Waals surface area contributed by atoms with Crippen LogP contribution in [0.3, 0.4) is 0 Å². The predicted octanol–water partition coefficient (Wildman–Crippen LogP) is 1.16. The van der Waals surface area contributed by atoms with Gasteiger partial charge >= 0.3 is 0 Å². The molecule has 18 heavy (non-hydrogen) atoms. The van der Waals surface area contributed by atoms with Gasteiger partial charge in [-0.1, -0.05) is 24.3 Å². The summed E-state index contributed by atoms with van der Waals surface area (Å²) in [5.74, 6) is -0.834. The molecule has 0 saturated heterocycles. The molecular formula is C13H11N3O2. The Morgan fingerprint density at radius 2 is 1.50 bits per heavy atom. The molecule has 0 saturated carbocycles. The number of aromatic nitrogens is 1. The molecule has 0 aliphatic rings. The van der Waals surface area contributed by atoms with Crippen LogP contribution in [-0.4, -0.2) is 16.8 Å². The van der Waals surface area contributed by atoms with E-state index < -0.39 is 5.91 Å². The van der Waals surface area contributed by atoms with Crippen molar-refractivity contribution in [2.45, 2.75) is 0 Å². The molecule has 2 rings (SSSR count). The van der Waals surface area contributed by atoms with E-state index >= 15 is 0 Å². The van der Waals surface area contributed by atoms with Crippen LogP contribution < -0.4 is 10.9 Å². The molecule has 1 heterocycles. The molecule has 2 aromatic rings. The van der Waals surface area contributed by atoms with Crippen molar-refractivity contribution < 1.29 is 9.59 Å². The van der Waals surface area contributed by atoms with Gasteiger partial charge in [-0.05, 0) is 24.3 Å². The van der Waals surface area contributed by atoms with Crippen LogP contribution in [0, 0.1) is 0 Å². The Morgan fingerprint density at radius 1 is 0.833 bits per heavy atom. The second kappa shape index (κ2) is 5.58. The summed E-state index contributed by atoms with van der Waals surface area (Å²) in [6.07, 6.45) is 1.51. The number of carbonyl (C=O) groups excluding carboxylic acids is 2. The average Bonchev–Trinajstić information content (AvgIpc) is 2.46. The van der Waals surface area contributed by atoms with E-state index in [1.807, 2.05) is 6.07 Å². The van der Waals surface area contributed by atoms with Gasteiger partial charge in [0.15, 0.2) is 0 Å². The van der Waals surface area contributed by atoms with Crippen LogP contribution in [0.5, 0.6) is 0 Å². The number of nitrogens with one attached hydrogen (secondary N) is 2. The number of amides is 2. The summed E-state index contributed by atoms with van der Waals surface area (Å²) in [5.41, 5.74) is 5.33. The third-order valence-corrected chi connectivity index (χ3v) is 2.22. The largest absolute Gasteiger partial charge is 0.288 e. The van der Waals surface area contributed by atoms with Gasteiger partial charge in [-0.2, -0.15) is 0 Å². The number of hydrogen-bond acceptors (Lipinski definition) is 3. The summed E-state index contributed by atoms with van der Waals surface area (Å²) in [6.45, 7) is 0. The molecule has 0 aliphatic heterocycles. The highest BCUT2D eigenvalue weighted by Crippen LogP contribution is 1.97. The molecule has 0 spiro atoms. The maximum Gasteiger partial charge on any atom is 0.288 e. The van der Waals surface area contributed by atoms with E-state index in [1.165, 1.54) is 6.20 Å². The number of hydrogen-bond donors (Lipinski definition) is 2. The maximum absolute atomic E-state index is 11.6. The van der Waals surface area contributed by atoms with Crippen LogP contribution in [0.25, 0.3) is 0 Å². The van der Waals surface area contributed by atoms with Crippen molar-refractivity contribution in [2.75, 3.05) is 0 Å². The van der Waals surface area contributed by atoms with Gasteiger partial charge in [-0.25, -0.2) is 0 Å². The first-order chi connectivity index (χ1) is 8.77. The molecule has 2 N–H and O–H groups in total. The van der Waals surface area contributed by atoms with E-state index in [4.69, 9.17) is 0 Å². The summed E-state index contributed by atoms with van der Waals surface area (Å²) in [7, 11) is 0. The van der Waals surface area contributed by atoms with Gasteiger partial charge in [0.25, 0.3) is 11.8 Å². The molecular weight excluding hydrogens is 230 g/mol. The monoisotopic (exact) mass is 241 g/mol.